The number of carbonyl (C=O) groups excluding carboxylic acids is 1. The van der Waals surface area contributed by atoms with Gasteiger partial charge in [0.25, 0.3) is 5.91 Å². The molecule has 2 aromatic rings. The van der Waals surface area contributed by atoms with Gasteiger partial charge in [0.1, 0.15) is 0 Å². The molecule has 2 N–H and O–H groups in total. The molecule has 0 spiro atoms. The smallest absolute Gasteiger partial charge is 0.306 e. The number of nitrogens with one attached hydrogen (secondary N) is 1. The summed E-state index contributed by atoms with van der Waals surface area (Å²) in [5, 5.41) is 11.9. The topological polar surface area (TPSA) is 92.4 Å². The number of carbonyl (C=O) groups is 2. The normalized spacial score (nSPS) is 20.4. The van der Waals surface area contributed by atoms with Crippen LogP contribution in [0.5, 0.6) is 0 Å². The van der Waals surface area contributed by atoms with E-state index < -0.39 is 5.97 Å². The van der Waals surface area contributed by atoms with Crippen molar-refractivity contribution in [2.45, 2.75) is 32.2 Å². The molecule has 0 radical (unpaired) electrons. The van der Waals surface area contributed by atoms with Crippen LogP contribution in [-0.4, -0.2) is 28.0 Å². The van der Waals surface area contributed by atoms with Crippen molar-refractivity contribution in [1.29, 1.82) is 0 Å². The third-order valence-electron chi connectivity index (χ3n) is 4.14. The molecule has 0 saturated heterocycles. The van der Waals surface area contributed by atoms with Gasteiger partial charge in [-0.2, -0.15) is 0 Å². The zero-order chi connectivity index (χ0) is 16.4. The Balaban J connectivity index is 1.71. The van der Waals surface area contributed by atoms with E-state index in [1.807, 2.05) is 30.3 Å². The largest absolute Gasteiger partial charge is 0.481 e. The van der Waals surface area contributed by atoms with Crippen molar-refractivity contribution >= 4 is 11.9 Å². The molecular formula is C17H18N2O4. The van der Waals surface area contributed by atoms with Crippen LogP contribution in [0.25, 0.3) is 11.5 Å². The molecule has 3 rings (SSSR count). The molecule has 6 nitrogen and oxygen atoms in total. The number of nitrogens with zero attached hydrogens (tertiary/aromatic N) is 1. The van der Waals surface area contributed by atoms with Crippen LogP contribution < -0.4 is 5.32 Å². The van der Waals surface area contributed by atoms with Crippen LogP contribution >= 0.6 is 0 Å². The van der Waals surface area contributed by atoms with Crippen LogP contribution in [0, 0.1) is 12.8 Å². The fourth-order valence-electron chi connectivity index (χ4n) is 2.90. The second-order valence-electron chi connectivity index (χ2n) is 5.82. The molecule has 1 aromatic heterocycles. The molecule has 1 aliphatic rings. The van der Waals surface area contributed by atoms with Gasteiger partial charge in [0, 0.05) is 11.6 Å². The third kappa shape index (κ3) is 3.26. The van der Waals surface area contributed by atoms with E-state index in [9.17, 15) is 9.59 Å². The minimum Gasteiger partial charge on any atom is -0.481 e. The summed E-state index contributed by atoms with van der Waals surface area (Å²) in [6.45, 7) is 1.72. The molecule has 1 aromatic carbocycles. The van der Waals surface area contributed by atoms with Gasteiger partial charge >= 0.3 is 5.97 Å². The quantitative estimate of drug-likeness (QED) is 0.905. The molecule has 0 unspecified atom stereocenters. The van der Waals surface area contributed by atoms with Gasteiger partial charge in [0.15, 0.2) is 0 Å². The van der Waals surface area contributed by atoms with E-state index in [4.69, 9.17) is 9.52 Å². The highest BCUT2D eigenvalue weighted by molar-refractivity contribution is 5.93. The minimum absolute atomic E-state index is 0.131. The molecule has 6 heteroatoms. The maximum atomic E-state index is 12.4. The first-order valence-corrected chi connectivity index (χ1v) is 7.61. The summed E-state index contributed by atoms with van der Waals surface area (Å²) in [6.07, 6.45) is 1.71. The van der Waals surface area contributed by atoms with E-state index in [0.717, 1.165) is 5.56 Å². The molecule has 2 atom stereocenters. The van der Waals surface area contributed by atoms with Crippen LogP contribution in [0.4, 0.5) is 0 Å². The van der Waals surface area contributed by atoms with Crippen molar-refractivity contribution in [2.75, 3.05) is 0 Å². The van der Waals surface area contributed by atoms with Gasteiger partial charge in [-0.15, -0.1) is 0 Å². The Labute approximate surface area is 133 Å². The zero-order valence-corrected chi connectivity index (χ0v) is 12.8. The van der Waals surface area contributed by atoms with Crippen molar-refractivity contribution in [2.24, 2.45) is 5.92 Å². The Hall–Kier alpha value is -2.63. The van der Waals surface area contributed by atoms with Gasteiger partial charge in [0.2, 0.25) is 11.7 Å². The maximum absolute atomic E-state index is 12.4. The highest BCUT2D eigenvalue weighted by Gasteiger charge is 2.31. The molecule has 0 aliphatic heterocycles. The van der Waals surface area contributed by atoms with E-state index in [2.05, 4.69) is 10.3 Å². The number of benzene rings is 1. The Kier molecular flexibility index (Phi) is 4.14. The lowest BCUT2D eigenvalue weighted by molar-refractivity contribution is -0.141. The first-order valence-electron chi connectivity index (χ1n) is 7.61. The van der Waals surface area contributed by atoms with Gasteiger partial charge < -0.3 is 14.8 Å². The lowest BCUT2D eigenvalue weighted by atomic mass is 10.1. The van der Waals surface area contributed by atoms with E-state index in [1.165, 1.54) is 0 Å². The van der Waals surface area contributed by atoms with Crippen molar-refractivity contribution < 1.29 is 19.1 Å². The van der Waals surface area contributed by atoms with Crippen LogP contribution in [-0.2, 0) is 4.79 Å². The van der Waals surface area contributed by atoms with Crippen molar-refractivity contribution in [1.82, 2.24) is 10.3 Å². The summed E-state index contributed by atoms with van der Waals surface area (Å²) in [6, 6.07) is 9.24. The standard InChI is InChI=1S/C17H18N2O4/c1-10-14(23-16(18-10)11-5-3-2-4-6-11)15(20)19-13-8-7-12(9-13)17(21)22/h2-6,12-13H,7-9H2,1H3,(H,19,20)(H,21,22)/t12-,13+/m0/s1. The summed E-state index contributed by atoms with van der Waals surface area (Å²) in [7, 11) is 0. The van der Waals surface area contributed by atoms with Crippen molar-refractivity contribution in [3.05, 3.63) is 41.8 Å². The monoisotopic (exact) mass is 314 g/mol. The number of aromatic nitrogens is 1. The van der Waals surface area contributed by atoms with E-state index in [0.29, 0.717) is 30.8 Å². The number of carboxylic acids is 1. The Morgan fingerprint density at radius 1 is 1.26 bits per heavy atom. The number of hydrogen-bond donors (Lipinski definition) is 2. The summed E-state index contributed by atoms with van der Waals surface area (Å²) >= 11 is 0. The second-order valence-corrected chi connectivity index (χ2v) is 5.82. The Morgan fingerprint density at radius 2 is 2.00 bits per heavy atom. The Morgan fingerprint density at radius 3 is 2.65 bits per heavy atom. The molecular weight excluding hydrogens is 296 g/mol. The zero-order valence-electron chi connectivity index (χ0n) is 12.8. The molecule has 1 aliphatic carbocycles. The van der Waals surface area contributed by atoms with E-state index >= 15 is 0 Å². The molecule has 1 amide bonds. The predicted octanol–water partition coefficient (Wildman–Crippen LogP) is 2.63. The average molecular weight is 314 g/mol. The van der Waals surface area contributed by atoms with E-state index in [1.54, 1.807) is 6.92 Å². The van der Waals surface area contributed by atoms with Gasteiger partial charge in [-0.1, -0.05) is 18.2 Å². The first-order chi connectivity index (χ1) is 11.0. The molecule has 1 fully saturated rings. The van der Waals surface area contributed by atoms with Gasteiger partial charge in [-0.3, -0.25) is 9.59 Å². The molecule has 1 heterocycles. The molecule has 0 bridgehead atoms. The molecule has 23 heavy (non-hydrogen) atoms. The van der Waals surface area contributed by atoms with Gasteiger partial charge in [-0.25, -0.2) is 4.98 Å². The fraction of sp³-hybridized carbons (Fsp3) is 0.353. The maximum Gasteiger partial charge on any atom is 0.306 e. The van der Waals surface area contributed by atoms with Crippen molar-refractivity contribution in [3.8, 4) is 11.5 Å². The number of oxazole rings is 1. The summed E-state index contributed by atoms with van der Waals surface area (Å²) in [5.41, 5.74) is 1.33. The van der Waals surface area contributed by atoms with Gasteiger partial charge in [-0.05, 0) is 38.3 Å². The van der Waals surface area contributed by atoms with Crippen molar-refractivity contribution in [3.63, 3.8) is 0 Å². The number of aliphatic carboxylic acids is 1. The van der Waals surface area contributed by atoms with Gasteiger partial charge in [0.05, 0.1) is 11.6 Å². The lowest BCUT2D eigenvalue weighted by Gasteiger charge is -2.11. The number of aryl methyl sites for hydroxylation is 1. The van der Waals surface area contributed by atoms with Crippen LogP contribution in [0.2, 0.25) is 0 Å². The highest BCUT2D eigenvalue weighted by atomic mass is 16.4. The summed E-state index contributed by atoms with van der Waals surface area (Å²) in [5.74, 6) is -0.932. The number of carboxylic acid groups (broad SMARTS) is 1. The molecule has 1 saturated carbocycles. The lowest BCUT2D eigenvalue weighted by Crippen LogP contribution is -2.33. The fourth-order valence-corrected chi connectivity index (χ4v) is 2.90. The third-order valence-corrected chi connectivity index (χ3v) is 4.14. The second kappa shape index (κ2) is 6.24. The minimum atomic E-state index is -0.802. The highest BCUT2D eigenvalue weighted by Crippen LogP contribution is 2.27. The Bertz CT molecular complexity index is 723. The first kappa shape index (κ1) is 15.3. The number of hydrogen-bond acceptors (Lipinski definition) is 4. The van der Waals surface area contributed by atoms with E-state index in [-0.39, 0.29) is 23.6 Å². The SMILES string of the molecule is Cc1nc(-c2ccccc2)oc1C(=O)N[C@@H]1CC[C@H](C(=O)O)C1. The number of amides is 1. The summed E-state index contributed by atoms with van der Waals surface area (Å²) in [4.78, 5) is 27.6. The van der Waals surface area contributed by atoms with Crippen LogP contribution in [0.3, 0.4) is 0 Å². The van der Waals surface area contributed by atoms with Crippen LogP contribution in [0.1, 0.15) is 35.5 Å². The number of rotatable bonds is 4. The summed E-state index contributed by atoms with van der Waals surface area (Å²) < 4.78 is 5.61. The predicted molar refractivity (Wildman–Crippen MR) is 82.9 cm³/mol. The average Bonchev–Trinajstić information content (AvgIpc) is 3.15. The van der Waals surface area contributed by atoms with Crippen LogP contribution in [0.15, 0.2) is 34.7 Å². The molecule has 120 valence electrons.